The molecule has 1 fully saturated rings. The lowest BCUT2D eigenvalue weighted by atomic mass is 9.84. The average molecular weight is 454 g/mol. The maximum atomic E-state index is 12.4. The summed E-state index contributed by atoms with van der Waals surface area (Å²) in [6.07, 6.45) is 4.69. The van der Waals surface area contributed by atoms with Gasteiger partial charge in [0.2, 0.25) is 0 Å². The fourth-order valence-corrected chi connectivity index (χ4v) is 4.26. The molecule has 1 N–H and O–H groups in total. The van der Waals surface area contributed by atoms with E-state index in [9.17, 15) is 14.7 Å². The van der Waals surface area contributed by atoms with Crippen molar-refractivity contribution in [3.8, 4) is 5.75 Å². The number of unbranched alkanes of at least 4 members (excludes halogenated alkanes) is 1. The third kappa shape index (κ3) is 5.73. The quantitative estimate of drug-likeness (QED) is 0.309. The number of methoxy groups -OCH3 is 1. The van der Waals surface area contributed by atoms with Crippen LogP contribution in [0.3, 0.4) is 0 Å². The lowest BCUT2D eigenvalue weighted by Crippen LogP contribution is -2.45. The number of allylic oxidation sites excluding steroid dienone is 1. The van der Waals surface area contributed by atoms with Crippen molar-refractivity contribution in [3.05, 3.63) is 66.8 Å². The highest BCUT2D eigenvalue weighted by Gasteiger charge is 2.34. The van der Waals surface area contributed by atoms with Crippen molar-refractivity contribution in [1.82, 2.24) is 4.90 Å². The maximum Gasteiger partial charge on any atom is 0.407 e. The lowest BCUT2D eigenvalue weighted by Gasteiger charge is -2.37. The molecule has 0 bridgehead atoms. The molecule has 1 unspecified atom stereocenters. The second-order valence-electron chi connectivity index (χ2n) is 7.96. The van der Waals surface area contributed by atoms with E-state index in [-0.39, 0.29) is 12.0 Å². The van der Waals surface area contributed by atoms with Crippen molar-refractivity contribution >= 4 is 22.8 Å². The summed E-state index contributed by atoms with van der Waals surface area (Å²) in [7, 11) is 1.35. The molecule has 1 aliphatic rings. The fraction of sp³-hybridized carbons (Fsp3) is 0.385. The number of carbonyl (C=O) groups excluding carboxylic acids is 1. The number of carboxylic acid groups (broad SMARTS) is 1. The molecule has 0 aromatic heterocycles. The van der Waals surface area contributed by atoms with Crippen molar-refractivity contribution in [3.63, 3.8) is 0 Å². The number of nitrogens with zero attached hydrogens (tertiary/aromatic N) is 1. The Morgan fingerprint density at radius 2 is 2.00 bits per heavy atom. The van der Waals surface area contributed by atoms with Gasteiger partial charge in [-0.1, -0.05) is 18.2 Å². The normalized spacial score (nSPS) is 18.0. The number of piperidine rings is 1. The number of amides is 1. The molecule has 1 aliphatic heterocycles. The van der Waals surface area contributed by atoms with Gasteiger partial charge < -0.3 is 24.2 Å². The summed E-state index contributed by atoms with van der Waals surface area (Å²) in [5.74, 6) is 0.0470. The van der Waals surface area contributed by atoms with Crippen molar-refractivity contribution in [1.29, 1.82) is 0 Å². The summed E-state index contributed by atoms with van der Waals surface area (Å²) in [6, 6.07) is 9.21. The predicted octanol–water partition coefficient (Wildman–Crippen LogP) is 5.01. The van der Waals surface area contributed by atoms with Gasteiger partial charge in [0.25, 0.3) is 0 Å². The Kier molecular flexibility index (Phi) is 8.49. The largest absolute Gasteiger partial charge is 0.494 e. The van der Waals surface area contributed by atoms with Gasteiger partial charge in [-0.2, -0.15) is 0 Å². The minimum Gasteiger partial charge on any atom is -0.494 e. The number of likely N-dealkylation sites (tertiary alicyclic amines) is 1. The van der Waals surface area contributed by atoms with E-state index in [1.54, 1.807) is 12.1 Å². The summed E-state index contributed by atoms with van der Waals surface area (Å²) in [5.41, 5.74) is 1.36. The second kappa shape index (κ2) is 11.5. The first-order chi connectivity index (χ1) is 16.0. The molecular formula is C26H31NO6. The van der Waals surface area contributed by atoms with Crippen LogP contribution in [0.4, 0.5) is 4.79 Å². The topological polar surface area (TPSA) is 85.3 Å². The highest BCUT2D eigenvalue weighted by molar-refractivity contribution is 6.06. The molecular weight excluding hydrogens is 422 g/mol. The van der Waals surface area contributed by atoms with Crippen LogP contribution in [0.5, 0.6) is 5.75 Å². The molecule has 1 heterocycles. The van der Waals surface area contributed by atoms with Gasteiger partial charge in [0.05, 0.1) is 32.0 Å². The molecule has 0 radical (unpaired) electrons. The standard InChI is InChI=1S/C26H31NO6/c1-4-6-7-15-32-18-8-9-19-21(25(28)31-3)11-10-20(22(19)16-18)23-17-27(26(29)30)13-12-24(23)33-14-5-2/h4-5,8-11,16,23-24H,1-2,6-7,12-15,17H2,3H3,(H,29,30)/t23-,24?/m1/s1. The number of fused-ring (bicyclic) bond motifs is 1. The highest BCUT2D eigenvalue weighted by atomic mass is 16.5. The number of benzene rings is 2. The fourth-order valence-electron chi connectivity index (χ4n) is 4.26. The summed E-state index contributed by atoms with van der Waals surface area (Å²) in [6.45, 7) is 9.09. The molecule has 1 amide bonds. The van der Waals surface area contributed by atoms with E-state index in [2.05, 4.69) is 13.2 Å². The number of rotatable bonds is 10. The molecule has 1 saturated heterocycles. The number of hydrogen-bond acceptors (Lipinski definition) is 5. The molecule has 33 heavy (non-hydrogen) atoms. The smallest absolute Gasteiger partial charge is 0.407 e. The van der Waals surface area contributed by atoms with E-state index in [0.717, 1.165) is 29.2 Å². The molecule has 7 nitrogen and oxygen atoms in total. The van der Waals surface area contributed by atoms with E-state index in [4.69, 9.17) is 14.2 Å². The first-order valence-electron chi connectivity index (χ1n) is 11.1. The van der Waals surface area contributed by atoms with Gasteiger partial charge in [-0.05, 0) is 59.9 Å². The zero-order chi connectivity index (χ0) is 23.8. The second-order valence-corrected chi connectivity index (χ2v) is 7.96. The van der Waals surface area contributed by atoms with E-state index in [1.165, 1.54) is 12.0 Å². The molecule has 2 aromatic rings. The molecule has 0 aliphatic carbocycles. The number of carbonyl (C=O) groups is 2. The highest BCUT2D eigenvalue weighted by Crippen LogP contribution is 2.37. The van der Waals surface area contributed by atoms with Crippen molar-refractivity contribution < 1.29 is 28.9 Å². The minimum absolute atomic E-state index is 0.178. The number of hydrogen-bond donors (Lipinski definition) is 1. The van der Waals surface area contributed by atoms with Gasteiger partial charge in [0.15, 0.2) is 0 Å². The van der Waals surface area contributed by atoms with Gasteiger partial charge in [-0.25, -0.2) is 9.59 Å². The van der Waals surface area contributed by atoms with Gasteiger partial charge in [-0.3, -0.25) is 0 Å². The molecule has 7 heteroatoms. The SMILES string of the molecule is C=CCCCOc1ccc2c(C(=O)OC)ccc([C@H]3CN(C(=O)O)CCC3OCC=C)c2c1. The minimum atomic E-state index is -0.955. The number of esters is 1. The van der Waals surface area contributed by atoms with Crippen LogP contribution >= 0.6 is 0 Å². The monoisotopic (exact) mass is 453 g/mol. The first-order valence-corrected chi connectivity index (χ1v) is 11.1. The Balaban J connectivity index is 2.07. The van der Waals surface area contributed by atoms with Gasteiger partial charge in [-0.15, -0.1) is 13.2 Å². The van der Waals surface area contributed by atoms with Crippen LogP contribution in [0.1, 0.15) is 41.1 Å². The van der Waals surface area contributed by atoms with Crippen LogP contribution in [-0.2, 0) is 9.47 Å². The van der Waals surface area contributed by atoms with E-state index in [1.807, 2.05) is 30.3 Å². The zero-order valence-electron chi connectivity index (χ0n) is 19.0. The van der Waals surface area contributed by atoms with Crippen molar-refractivity contribution in [2.24, 2.45) is 0 Å². The van der Waals surface area contributed by atoms with Crippen LogP contribution in [0.15, 0.2) is 55.6 Å². The molecule has 0 saturated carbocycles. The molecule has 2 aromatic carbocycles. The van der Waals surface area contributed by atoms with Crippen LogP contribution < -0.4 is 4.74 Å². The molecule has 0 spiro atoms. The molecule has 2 atom stereocenters. The van der Waals surface area contributed by atoms with Crippen LogP contribution in [0.25, 0.3) is 10.8 Å². The average Bonchev–Trinajstić information content (AvgIpc) is 2.84. The van der Waals surface area contributed by atoms with Gasteiger partial charge >= 0.3 is 12.1 Å². The predicted molar refractivity (Wildman–Crippen MR) is 127 cm³/mol. The zero-order valence-corrected chi connectivity index (χ0v) is 19.0. The van der Waals surface area contributed by atoms with Gasteiger partial charge in [0.1, 0.15) is 5.75 Å². The van der Waals surface area contributed by atoms with Crippen molar-refractivity contribution in [2.45, 2.75) is 31.3 Å². The third-order valence-corrected chi connectivity index (χ3v) is 5.90. The summed E-state index contributed by atoms with van der Waals surface area (Å²) in [5, 5.41) is 11.1. The molecule has 3 rings (SSSR count). The summed E-state index contributed by atoms with van der Waals surface area (Å²) < 4.78 is 16.9. The Bertz CT molecular complexity index is 1020. The first kappa shape index (κ1) is 24.3. The molecule has 176 valence electrons. The van der Waals surface area contributed by atoms with Crippen LogP contribution in [0.2, 0.25) is 0 Å². The Hall–Kier alpha value is -3.32. The van der Waals surface area contributed by atoms with Gasteiger partial charge in [0, 0.05) is 19.0 Å². The summed E-state index contributed by atoms with van der Waals surface area (Å²) >= 11 is 0. The third-order valence-electron chi connectivity index (χ3n) is 5.90. The number of ether oxygens (including phenoxy) is 3. The maximum absolute atomic E-state index is 12.4. The van der Waals surface area contributed by atoms with E-state index in [0.29, 0.717) is 44.0 Å². The Morgan fingerprint density at radius 3 is 2.70 bits per heavy atom. The Labute approximate surface area is 194 Å². The lowest BCUT2D eigenvalue weighted by molar-refractivity contribution is 0.00808. The summed E-state index contributed by atoms with van der Waals surface area (Å²) in [4.78, 5) is 25.5. The van der Waals surface area contributed by atoms with E-state index < -0.39 is 12.1 Å². The van der Waals surface area contributed by atoms with Crippen molar-refractivity contribution in [2.75, 3.05) is 33.4 Å². The van der Waals surface area contributed by atoms with Crippen LogP contribution in [0, 0.1) is 0 Å². The van der Waals surface area contributed by atoms with Crippen LogP contribution in [-0.4, -0.2) is 61.6 Å². The van der Waals surface area contributed by atoms with E-state index >= 15 is 0 Å². The Morgan fingerprint density at radius 1 is 1.18 bits per heavy atom.